The van der Waals surface area contributed by atoms with Gasteiger partial charge in [-0.2, -0.15) is 0 Å². The number of hydrogen-bond acceptors (Lipinski definition) is 5. The third-order valence-corrected chi connectivity index (χ3v) is 3.07. The molecule has 0 fully saturated rings. The Balaban J connectivity index is 1.89. The zero-order chi connectivity index (χ0) is 14.7. The van der Waals surface area contributed by atoms with Crippen molar-refractivity contribution < 1.29 is 4.79 Å². The summed E-state index contributed by atoms with van der Waals surface area (Å²) in [5.41, 5.74) is 4.83. The molecule has 0 unspecified atom stereocenters. The van der Waals surface area contributed by atoms with E-state index in [1.165, 1.54) is 12.4 Å². The third-order valence-electron chi connectivity index (χ3n) is 3.07. The van der Waals surface area contributed by atoms with Crippen LogP contribution in [0.3, 0.4) is 0 Å². The first-order valence-corrected chi connectivity index (χ1v) is 6.35. The van der Waals surface area contributed by atoms with E-state index >= 15 is 0 Å². The van der Waals surface area contributed by atoms with Gasteiger partial charge in [0.25, 0.3) is 5.91 Å². The number of nitrogen functional groups attached to an aromatic ring is 1. The number of carbonyl (C=O) groups is 1. The van der Waals surface area contributed by atoms with Gasteiger partial charge in [0.15, 0.2) is 0 Å². The predicted molar refractivity (Wildman–Crippen MR) is 81.7 cm³/mol. The van der Waals surface area contributed by atoms with E-state index in [1.807, 2.05) is 30.3 Å². The Labute approximate surface area is 121 Å². The van der Waals surface area contributed by atoms with Gasteiger partial charge in [0.2, 0.25) is 0 Å². The highest BCUT2D eigenvalue weighted by atomic mass is 16.1. The third kappa shape index (κ3) is 2.65. The zero-order valence-corrected chi connectivity index (χ0v) is 11.1. The second-order valence-corrected chi connectivity index (χ2v) is 4.44. The molecule has 0 atom stereocenters. The molecule has 1 aromatic carbocycles. The van der Waals surface area contributed by atoms with E-state index in [-0.39, 0.29) is 5.91 Å². The standard InChI is InChI=1S/C15H13N5O/c16-20-14-9-17-6-5-12(14)15(21)19-11-7-10-3-1-2-4-13(10)18-8-11/h1-9,20H,16H2,(H,19,21). The van der Waals surface area contributed by atoms with Crippen molar-refractivity contribution in [3.8, 4) is 0 Å². The van der Waals surface area contributed by atoms with Gasteiger partial charge < -0.3 is 10.7 Å². The molecule has 1 amide bonds. The maximum atomic E-state index is 12.3. The number of carbonyl (C=O) groups excluding carboxylic acids is 1. The van der Waals surface area contributed by atoms with Crippen LogP contribution in [-0.4, -0.2) is 15.9 Å². The summed E-state index contributed by atoms with van der Waals surface area (Å²) in [6, 6.07) is 11.2. The van der Waals surface area contributed by atoms with Gasteiger partial charge >= 0.3 is 0 Å². The Morgan fingerprint density at radius 1 is 1.14 bits per heavy atom. The van der Waals surface area contributed by atoms with Crippen molar-refractivity contribution >= 4 is 28.2 Å². The Morgan fingerprint density at radius 2 is 2.00 bits per heavy atom. The number of aromatic nitrogens is 2. The van der Waals surface area contributed by atoms with E-state index in [1.54, 1.807) is 12.3 Å². The van der Waals surface area contributed by atoms with E-state index in [0.717, 1.165) is 10.9 Å². The molecule has 0 radical (unpaired) electrons. The molecule has 2 aromatic heterocycles. The minimum absolute atomic E-state index is 0.276. The molecule has 0 aliphatic rings. The van der Waals surface area contributed by atoms with Crippen LogP contribution in [-0.2, 0) is 0 Å². The lowest BCUT2D eigenvalue weighted by Crippen LogP contribution is -2.17. The largest absolute Gasteiger partial charge is 0.322 e. The van der Waals surface area contributed by atoms with Crippen molar-refractivity contribution in [3.63, 3.8) is 0 Å². The van der Waals surface area contributed by atoms with E-state index in [4.69, 9.17) is 5.84 Å². The highest BCUT2D eigenvalue weighted by molar-refractivity contribution is 6.08. The first-order chi connectivity index (χ1) is 10.3. The van der Waals surface area contributed by atoms with Gasteiger partial charge in [-0.1, -0.05) is 18.2 Å². The van der Waals surface area contributed by atoms with Crippen LogP contribution in [0.4, 0.5) is 11.4 Å². The van der Waals surface area contributed by atoms with Gasteiger partial charge in [0.1, 0.15) is 0 Å². The van der Waals surface area contributed by atoms with E-state index in [0.29, 0.717) is 16.9 Å². The molecule has 3 rings (SSSR count). The molecule has 6 nitrogen and oxygen atoms in total. The normalized spacial score (nSPS) is 10.3. The van der Waals surface area contributed by atoms with E-state index in [9.17, 15) is 4.79 Å². The highest BCUT2D eigenvalue weighted by Gasteiger charge is 2.11. The fraction of sp³-hybridized carbons (Fsp3) is 0. The first kappa shape index (κ1) is 13.0. The number of nitrogens with zero attached hydrogens (tertiary/aromatic N) is 2. The van der Waals surface area contributed by atoms with Gasteiger partial charge in [-0.15, -0.1) is 0 Å². The number of amides is 1. The number of nitrogens with one attached hydrogen (secondary N) is 2. The van der Waals surface area contributed by atoms with Crippen LogP contribution in [0.25, 0.3) is 10.9 Å². The molecule has 2 heterocycles. The summed E-state index contributed by atoms with van der Waals surface area (Å²) in [5.74, 6) is 5.10. The van der Waals surface area contributed by atoms with Crippen LogP contribution in [0, 0.1) is 0 Å². The molecule has 21 heavy (non-hydrogen) atoms. The molecule has 4 N–H and O–H groups in total. The summed E-state index contributed by atoms with van der Waals surface area (Å²) in [5, 5.41) is 3.76. The molecule has 0 aliphatic carbocycles. The fourth-order valence-corrected chi connectivity index (χ4v) is 2.05. The predicted octanol–water partition coefficient (Wildman–Crippen LogP) is 2.17. The second-order valence-electron chi connectivity index (χ2n) is 4.44. The summed E-state index contributed by atoms with van der Waals surface area (Å²) >= 11 is 0. The lowest BCUT2D eigenvalue weighted by molar-refractivity contribution is 0.102. The molecule has 104 valence electrons. The fourth-order valence-electron chi connectivity index (χ4n) is 2.05. The summed E-state index contributed by atoms with van der Waals surface area (Å²) < 4.78 is 0. The number of rotatable bonds is 3. The van der Waals surface area contributed by atoms with Crippen LogP contribution in [0.15, 0.2) is 55.0 Å². The first-order valence-electron chi connectivity index (χ1n) is 6.35. The zero-order valence-electron chi connectivity index (χ0n) is 11.1. The van der Waals surface area contributed by atoms with E-state index < -0.39 is 0 Å². The van der Waals surface area contributed by atoms with Crippen molar-refractivity contribution in [3.05, 3.63) is 60.6 Å². The number of fused-ring (bicyclic) bond motifs is 1. The molecule has 0 spiro atoms. The molecule has 6 heteroatoms. The quantitative estimate of drug-likeness (QED) is 0.504. The number of hydrogen-bond donors (Lipinski definition) is 3. The van der Waals surface area contributed by atoms with Crippen molar-refractivity contribution in [1.29, 1.82) is 0 Å². The Kier molecular flexibility index (Phi) is 3.44. The summed E-state index contributed by atoms with van der Waals surface area (Å²) in [4.78, 5) is 20.5. The molecule has 0 aliphatic heterocycles. The minimum atomic E-state index is -0.276. The molecular formula is C15H13N5O. The number of hydrazine groups is 1. The Morgan fingerprint density at radius 3 is 2.86 bits per heavy atom. The lowest BCUT2D eigenvalue weighted by atomic mass is 10.2. The molecule has 0 bridgehead atoms. The Bertz CT molecular complexity index is 803. The van der Waals surface area contributed by atoms with Crippen molar-refractivity contribution in [2.24, 2.45) is 5.84 Å². The van der Waals surface area contributed by atoms with Gasteiger partial charge in [0.05, 0.1) is 34.8 Å². The average molecular weight is 279 g/mol. The van der Waals surface area contributed by atoms with Gasteiger partial charge in [-0.3, -0.25) is 20.6 Å². The van der Waals surface area contributed by atoms with Crippen molar-refractivity contribution in [1.82, 2.24) is 9.97 Å². The number of benzene rings is 1. The van der Waals surface area contributed by atoms with Crippen LogP contribution < -0.4 is 16.6 Å². The smallest absolute Gasteiger partial charge is 0.257 e. The number of para-hydroxylation sites is 1. The molecule has 3 aromatic rings. The van der Waals surface area contributed by atoms with E-state index in [2.05, 4.69) is 20.7 Å². The van der Waals surface area contributed by atoms with Crippen molar-refractivity contribution in [2.45, 2.75) is 0 Å². The van der Waals surface area contributed by atoms with Gasteiger partial charge in [-0.25, -0.2) is 0 Å². The van der Waals surface area contributed by atoms with Crippen LogP contribution in [0.2, 0.25) is 0 Å². The topological polar surface area (TPSA) is 92.9 Å². The highest BCUT2D eigenvalue weighted by Crippen LogP contribution is 2.18. The Hall–Kier alpha value is -2.99. The van der Waals surface area contributed by atoms with Crippen LogP contribution in [0.5, 0.6) is 0 Å². The lowest BCUT2D eigenvalue weighted by Gasteiger charge is -2.09. The molecule has 0 saturated carbocycles. The van der Waals surface area contributed by atoms with Gasteiger partial charge in [-0.05, 0) is 18.2 Å². The second kappa shape index (κ2) is 5.56. The number of nitrogens with two attached hydrogens (primary N) is 1. The summed E-state index contributed by atoms with van der Waals surface area (Å²) in [6.07, 6.45) is 4.65. The monoisotopic (exact) mass is 279 g/mol. The average Bonchev–Trinajstić information content (AvgIpc) is 2.54. The maximum absolute atomic E-state index is 12.3. The minimum Gasteiger partial charge on any atom is -0.322 e. The maximum Gasteiger partial charge on any atom is 0.257 e. The number of anilines is 2. The van der Waals surface area contributed by atoms with Crippen LogP contribution >= 0.6 is 0 Å². The van der Waals surface area contributed by atoms with Crippen LogP contribution in [0.1, 0.15) is 10.4 Å². The number of pyridine rings is 2. The summed E-state index contributed by atoms with van der Waals surface area (Å²) in [6.45, 7) is 0. The summed E-state index contributed by atoms with van der Waals surface area (Å²) in [7, 11) is 0. The van der Waals surface area contributed by atoms with Gasteiger partial charge in [0, 0.05) is 11.6 Å². The molecular weight excluding hydrogens is 266 g/mol. The SMILES string of the molecule is NNc1cnccc1C(=O)Nc1cnc2ccccc2c1. The van der Waals surface area contributed by atoms with Crippen molar-refractivity contribution in [2.75, 3.05) is 10.7 Å². The molecule has 0 saturated heterocycles.